The van der Waals surface area contributed by atoms with E-state index < -0.39 is 11.4 Å². The number of rotatable bonds is 3. The zero-order chi connectivity index (χ0) is 15.6. The predicted molar refractivity (Wildman–Crippen MR) is 77.9 cm³/mol. The molecule has 2 fully saturated rings. The number of amides is 2. The average Bonchev–Trinajstić information content (AvgIpc) is 2.94. The summed E-state index contributed by atoms with van der Waals surface area (Å²) in [6.45, 7) is 5.34. The van der Waals surface area contributed by atoms with Crippen LogP contribution < -0.4 is 0 Å². The Morgan fingerprint density at radius 3 is 2.48 bits per heavy atom. The smallest absolute Gasteiger partial charge is 0.320 e. The van der Waals surface area contributed by atoms with Crippen LogP contribution in [0.1, 0.15) is 39.5 Å². The topological polar surface area (TPSA) is 81.1 Å². The maximum atomic E-state index is 12.6. The largest absolute Gasteiger partial charge is 0.481 e. The van der Waals surface area contributed by atoms with Gasteiger partial charge in [-0.3, -0.25) is 4.79 Å². The Morgan fingerprint density at radius 2 is 1.86 bits per heavy atom. The van der Waals surface area contributed by atoms with E-state index in [2.05, 4.69) is 0 Å². The van der Waals surface area contributed by atoms with Crippen molar-refractivity contribution in [2.24, 2.45) is 11.3 Å². The molecule has 2 atom stereocenters. The molecule has 120 valence electrons. The summed E-state index contributed by atoms with van der Waals surface area (Å²) in [6, 6.07) is -0.122. The minimum atomic E-state index is -0.819. The van der Waals surface area contributed by atoms with Crippen molar-refractivity contribution in [1.29, 1.82) is 0 Å². The highest BCUT2D eigenvalue weighted by atomic mass is 16.4. The average molecular weight is 298 g/mol. The standard InChI is InChI=1S/C15H26N2O4/c1-15(2,13(19)20)11-5-3-7-16(9-11)14(21)17-8-4-6-12(17)10-18/h11-12,18H,3-10H2,1-2H3,(H,19,20). The van der Waals surface area contributed by atoms with Gasteiger partial charge in [-0.25, -0.2) is 4.79 Å². The molecule has 0 radical (unpaired) electrons. The molecule has 6 heteroatoms. The summed E-state index contributed by atoms with van der Waals surface area (Å²) < 4.78 is 0. The van der Waals surface area contributed by atoms with E-state index in [9.17, 15) is 19.8 Å². The lowest BCUT2D eigenvalue weighted by molar-refractivity contribution is -0.151. The number of hydrogen-bond acceptors (Lipinski definition) is 3. The van der Waals surface area contributed by atoms with E-state index in [4.69, 9.17) is 0 Å². The van der Waals surface area contributed by atoms with E-state index in [-0.39, 0.29) is 24.6 Å². The molecule has 0 spiro atoms. The lowest BCUT2D eigenvalue weighted by Gasteiger charge is -2.41. The van der Waals surface area contributed by atoms with Crippen molar-refractivity contribution in [1.82, 2.24) is 9.80 Å². The van der Waals surface area contributed by atoms with Crippen molar-refractivity contribution in [2.75, 3.05) is 26.2 Å². The predicted octanol–water partition coefficient (Wildman–Crippen LogP) is 1.39. The van der Waals surface area contributed by atoms with Crippen LogP contribution in [0.25, 0.3) is 0 Å². The van der Waals surface area contributed by atoms with Gasteiger partial charge in [0.25, 0.3) is 0 Å². The van der Waals surface area contributed by atoms with Gasteiger partial charge < -0.3 is 20.0 Å². The number of hydrogen-bond donors (Lipinski definition) is 2. The Kier molecular flexibility index (Phi) is 4.76. The van der Waals surface area contributed by atoms with Crippen molar-refractivity contribution < 1.29 is 19.8 Å². The van der Waals surface area contributed by atoms with Gasteiger partial charge in [-0.1, -0.05) is 0 Å². The molecule has 2 unspecified atom stereocenters. The van der Waals surface area contributed by atoms with Gasteiger partial charge in [0.05, 0.1) is 18.1 Å². The second-order valence-electron chi connectivity index (χ2n) is 6.77. The summed E-state index contributed by atoms with van der Waals surface area (Å²) in [5.41, 5.74) is -0.819. The number of piperidine rings is 1. The first-order chi connectivity index (χ1) is 9.87. The molecule has 2 aliphatic rings. The maximum absolute atomic E-state index is 12.6. The molecule has 0 saturated carbocycles. The molecule has 6 nitrogen and oxygen atoms in total. The molecule has 2 heterocycles. The Labute approximate surface area is 125 Å². The molecule has 2 amide bonds. The highest BCUT2D eigenvalue weighted by molar-refractivity contribution is 5.76. The fraction of sp³-hybridized carbons (Fsp3) is 0.867. The van der Waals surface area contributed by atoms with E-state index in [1.165, 1.54) is 0 Å². The number of likely N-dealkylation sites (tertiary alicyclic amines) is 2. The summed E-state index contributed by atoms with van der Waals surface area (Å²) in [7, 11) is 0. The monoisotopic (exact) mass is 298 g/mol. The fourth-order valence-corrected chi connectivity index (χ4v) is 3.37. The Balaban J connectivity index is 2.04. The molecular weight excluding hydrogens is 272 g/mol. The molecule has 2 aliphatic heterocycles. The van der Waals surface area contributed by atoms with Gasteiger partial charge in [0, 0.05) is 19.6 Å². The molecule has 2 saturated heterocycles. The van der Waals surface area contributed by atoms with E-state index >= 15 is 0 Å². The quantitative estimate of drug-likeness (QED) is 0.825. The minimum absolute atomic E-state index is 0.00360. The van der Waals surface area contributed by atoms with Crippen molar-refractivity contribution in [3.63, 3.8) is 0 Å². The second-order valence-corrected chi connectivity index (χ2v) is 6.77. The summed E-state index contributed by atoms with van der Waals surface area (Å²) in [5.74, 6) is -0.834. The number of aliphatic hydroxyl groups is 1. The second kappa shape index (κ2) is 6.22. The zero-order valence-corrected chi connectivity index (χ0v) is 12.9. The fourth-order valence-electron chi connectivity index (χ4n) is 3.37. The van der Waals surface area contributed by atoms with E-state index in [1.807, 2.05) is 0 Å². The molecule has 2 rings (SSSR count). The third kappa shape index (κ3) is 3.15. The minimum Gasteiger partial charge on any atom is -0.481 e. The van der Waals surface area contributed by atoms with Gasteiger partial charge in [-0.2, -0.15) is 0 Å². The first-order valence-corrected chi connectivity index (χ1v) is 7.77. The Morgan fingerprint density at radius 1 is 1.19 bits per heavy atom. The van der Waals surface area contributed by atoms with Gasteiger partial charge >= 0.3 is 12.0 Å². The number of urea groups is 1. The molecule has 0 aromatic rings. The van der Waals surface area contributed by atoms with Crippen LogP contribution in [-0.4, -0.2) is 64.3 Å². The Hall–Kier alpha value is -1.30. The SMILES string of the molecule is CC(C)(C(=O)O)C1CCCN(C(=O)N2CCCC2CO)C1. The van der Waals surface area contributed by atoms with Crippen molar-refractivity contribution in [3.8, 4) is 0 Å². The summed E-state index contributed by atoms with van der Waals surface area (Å²) in [6.07, 6.45) is 3.45. The number of carbonyl (C=O) groups excluding carboxylic acids is 1. The number of aliphatic hydroxyl groups excluding tert-OH is 1. The van der Waals surface area contributed by atoms with Crippen LogP contribution in [-0.2, 0) is 4.79 Å². The summed E-state index contributed by atoms with van der Waals surface area (Å²) in [5, 5.41) is 18.7. The van der Waals surface area contributed by atoms with Crippen LogP contribution in [0.5, 0.6) is 0 Å². The van der Waals surface area contributed by atoms with Crippen LogP contribution >= 0.6 is 0 Å². The lowest BCUT2D eigenvalue weighted by Crippen LogP contribution is -2.52. The van der Waals surface area contributed by atoms with E-state index in [0.717, 1.165) is 25.7 Å². The number of carboxylic acids is 1. The third-order valence-corrected chi connectivity index (χ3v) is 5.10. The molecule has 0 aromatic carbocycles. The molecule has 0 bridgehead atoms. The van der Waals surface area contributed by atoms with Crippen molar-refractivity contribution in [3.05, 3.63) is 0 Å². The molecule has 0 aliphatic carbocycles. The van der Waals surface area contributed by atoms with E-state index in [1.54, 1.807) is 23.6 Å². The van der Waals surface area contributed by atoms with Crippen LogP contribution in [0.3, 0.4) is 0 Å². The van der Waals surface area contributed by atoms with Gasteiger partial charge in [-0.15, -0.1) is 0 Å². The molecule has 2 N–H and O–H groups in total. The highest BCUT2D eigenvalue weighted by Crippen LogP contribution is 2.35. The molecule has 21 heavy (non-hydrogen) atoms. The van der Waals surface area contributed by atoms with E-state index in [0.29, 0.717) is 19.6 Å². The number of aliphatic carboxylic acids is 1. The van der Waals surface area contributed by atoms with Gasteiger partial charge in [0.1, 0.15) is 0 Å². The van der Waals surface area contributed by atoms with Crippen LogP contribution in [0.2, 0.25) is 0 Å². The van der Waals surface area contributed by atoms with Crippen molar-refractivity contribution >= 4 is 12.0 Å². The third-order valence-electron chi connectivity index (χ3n) is 5.10. The summed E-state index contributed by atoms with van der Waals surface area (Å²) in [4.78, 5) is 27.5. The lowest BCUT2D eigenvalue weighted by atomic mass is 9.74. The first-order valence-electron chi connectivity index (χ1n) is 7.77. The van der Waals surface area contributed by atoms with Crippen molar-refractivity contribution in [2.45, 2.75) is 45.6 Å². The molecule has 0 aromatic heterocycles. The zero-order valence-electron chi connectivity index (χ0n) is 12.9. The highest BCUT2D eigenvalue weighted by Gasteiger charge is 2.41. The normalized spacial score (nSPS) is 27.0. The number of nitrogens with zero attached hydrogens (tertiary/aromatic N) is 2. The summed E-state index contributed by atoms with van der Waals surface area (Å²) >= 11 is 0. The first kappa shape index (κ1) is 16.1. The van der Waals surface area contributed by atoms with Gasteiger partial charge in [-0.05, 0) is 45.4 Å². The van der Waals surface area contributed by atoms with Crippen LogP contribution in [0.4, 0.5) is 4.79 Å². The van der Waals surface area contributed by atoms with Crippen LogP contribution in [0.15, 0.2) is 0 Å². The maximum Gasteiger partial charge on any atom is 0.320 e. The Bertz CT molecular complexity index is 410. The van der Waals surface area contributed by atoms with Gasteiger partial charge in [0.2, 0.25) is 0 Å². The molecular formula is C15H26N2O4. The van der Waals surface area contributed by atoms with Gasteiger partial charge in [0.15, 0.2) is 0 Å². The number of carbonyl (C=O) groups is 2. The van der Waals surface area contributed by atoms with Crippen LogP contribution in [0, 0.1) is 11.3 Å². The number of carboxylic acid groups (broad SMARTS) is 1.